The van der Waals surface area contributed by atoms with Crippen molar-refractivity contribution >= 4 is 52.5 Å². The zero-order valence-electron chi connectivity index (χ0n) is 17.5. The van der Waals surface area contributed by atoms with Crippen molar-refractivity contribution in [2.24, 2.45) is 0 Å². The van der Waals surface area contributed by atoms with Crippen LogP contribution in [0.5, 0.6) is 5.75 Å². The first-order valence-corrected chi connectivity index (χ1v) is 10.6. The second kappa shape index (κ2) is 11.2. The van der Waals surface area contributed by atoms with E-state index in [0.29, 0.717) is 32.7 Å². The highest BCUT2D eigenvalue weighted by Gasteiger charge is 2.20. The summed E-state index contributed by atoms with van der Waals surface area (Å²) in [6, 6.07) is 22.0. The van der Waals surface area contributed by atoms with E-state index in [2.05, 4.69) is 10.6 Å². The molecule has 0 saturated carbocycles. The number of para-hydroxylation sites is 2. The van der Waals surface area contributed by atoms with Gasteiger partial charge in [-0.3, -0.25) is 9.59 Å². The van der Waals surface area contributed by atoms with E-state index in [-0.39, 0.29) is 5.57 Å². The molecule has 3 aromatic rings. The molecule has 0 fully saturated rings. The molecule has 0 spiro atoms. The summed E-state index contributed by atoms with van der Waals surface area (Å²) in [4.78, 5) is 26.1. The lowest BCUT2D eigenvalue weighted by Crippen LogP contribution is -2.25. The number of rotatable bonds is 7. The highest BCUT2D eigenvalue weighted by Crippen LogP contribution is 2.24. The number of anilines is 2. The third kappa shape index (κ3) is 6.59. The average molecular weight is 480 g/mol. The molecule has 0 radical (unpaired) electrons. The second-order valence-electron chi connectivity index (χ2n) is 6.88. The van der Waals surface area contributed by atoms with Crippen LogP contribution in [0.3, 0.4) is 0 Å². The van der Waals surface area contributed by atoms with Crippen LogP contribution in [0.2, 0.25) is 10.0 Å². The lowest BCUT2D eigenvalue weighted by atomic mass is 10.1. The van der Waals surface area contributed by atoms with Gasteiger partial charge in [-0.25, -0.2) is 0 Å². The third-order valence-corrected chi connectivity index (χ3v) is 5.08. The van der Waals surface area contributed by atoms with Gasteiger partial charge in [0.15, 0.2) is 6.10 Å². The third-order valence-electron chi connectivity index (χ3n) is 4.42. The predicted octanol–water partition coefficient (Wildman–Crippen LogP) is 5.95. The number of ether oxygens (including phenoxy) is 1. The number of benzene rings is 3. The highest BCUT2D eigenvalue weighted by molar-refractivity contribution is 6.36. The van der Waals surface area contributed by atoms with Crippen molar-refractivity contribution in [1.29, 1.82) is 5.26 Å². The van der Waals surface area contributed by atoms with Gasteiger partial charge in [0.25, 0.3) is 11.8 Å². The Bertz CT molecular complexity index is 1170. The molecule has 33 heavy (non-hydrogen) atoms. The van der Waals surface area contributed by atoms with E-state index in [1.54, 1.807) is 79.7 Å². The molecule has 0 bridgehead atoms. The van der Waals surface area contributed by atoms with Crippen molar-refractivity contribution in [3.8, 4) is 11.8 Å². The van der Waals surface area contributed by atoms with Crippen LogP contribution in [0, 0.1) is 11.3 Å². The number of amides is 2. The molecule has 0 saturated heterocycles. The summed E-state index contributed by atoms with van der Waals surface area (Å²) in [5.74, 6) is -0.805. The monoisotopic (exact) mass is 479 g/mol. The first-order chi connectivity index (χ1) is 15.9. The van der Waals surface area contributed by atoms with E-state index < -0.39 is 17.9 Å². The van der Waals surface area contributed by atoms with Crippen molar-refractivity contribution in [2.75, 3.05) is 10.6 Å². The summed E-state index contributed by atoms with van der Waals surface area (Å²) in [5, 5.41) is 14.9. The number of hydrogen-bond donors (Lipinski definition) is 2. The molecule has 6 nitrogen and oxygen atoms in total. The smallest absolute Gasteiger partial charge is 0.261 e. The van der Waals surface area contributed by atoms with Gasteiger partial charge in [0, 0.05) is 0 Å². The summed E-state index contributed by atoms with van der Waals surface area (Å²) in [7, 11) is 0. The van der Waals surface area contributed by atoms with Gasteiger partial charge in [0.1, 0.15) is 17.4 Å². The number of nitrogens with one attached hydrogen (secondary N) is 2. The van der Waals surface area contributed by atoms with E-state index >= 15 is 0 Å². The molecule has 0 aromatic heterocycles. The van der Waals surface area contributed by atoms with Gasteiger partial charge >= 0.3 is 0 Å². The molecule has 0 aliphatic heterocycles. The fourth-order valence-electron chi connectivity index (χ4n) is 2.78. The van der Waals surface area contributed by atoms with Gasteiger partial charge in [0.2, 0.25) is 0 Å². The number of halogens is 2. The summed E-state index contributed by atoms with van der Waals surface area (Å²) < 4.78 is 5.43. The Labute approximate surface area is 201 Å². The van der Waals surface area contributed by atoms with E-state index in [9.17, 15) is 9.59 Å². The van der Waals surface area contributed by atoms with Crippen molar-refractivity contribution < 1.29 is 14.3 Å². The molecule has 1 unspecified atom stereocenters. The Morgan fingerprint density at radius 2 is 1.36 bits per heavy atom. The SMILES string of the molecule is CC(C#N)Oc1ccc(C=C(C(=O)Nc2ccccc2Cl)C(=O)Nc2ccccc2Cl)cc1. The number of nitriles is 1. The van der Waals surface area contributed by atoms with Crippen molar-refractivity contribution in [3.63, 3.8) is 0 Å². The number of carbonyl (C=O) groups excluding carboxylic acids is 2. The maximum atomic E-state index is 13.0. The fourth-order valence-corrected chi connectivity index (χ4v) is 3.14. The molecule has 2 N–H and O–H groups in total. The number of nitrogens with zero attached hydrogens (tertiary/aromatic N) is 1. The molecule has 2 amide bonds. The van der Waals surface area contributed by atoms with Crippen LogP contribution in [0.4, 0.5) is 11.4 Å². The minimum atomic E-state index is -0.647. The lowest BCUT2D eigenvalue weighted by Gasteiger charge is -2.12. The molecular weight excluding hydrogens is 461 g/mol. The van der Waals surface area contributed by atoms with Crippen LogP contribution >= 0.6 is 23.2 Å². The van der Waals surface area contributed by atoms with E-state index in [1.807, 2.05) is 6.07 Å². The second-order valence-corrected chi connectivity index (χ2v) is 7.70. The zero-order chi connectivity index (χ0) is 23.8. The van der Waals surface area contributed by atoms with Gasteiger partial charge in [-0.15, -0.1) is 0 Å². The zero-order valence-corrected chi connectivity index (χ0v) is 19.0. The minimum Gasteiger partial charge on any atom is -0.476 e. The number of carbonyl (C=O) groups is 2. The van der Waals surface area contributed by atoms with Crippen LogP contribution in [-0.2, 0) is 9.59 Å². The lowest BCUT2D eigenvalue weighted by molar-refractivity contribution is -0.118. The quantitative estimate of drug-likeness (QED) is 0.249. The summed E-state index contributed by atoms with van der Waals surface area (Å²) in [5.41, 5.74) is 1.16. The van der Waals surface area contributed by atoms with Crippen LogP contribution in [0.25, 0.3) is 6.08 Å². The van der Waals surface area contributed by atoms with Crippen molar-refractivity contribution in [2.45, 2.75) is 13.0 Å². The Morgan fingerprint density at radius 1 is 0.879 bits per heavy atom. The summed E-state index contributed by atoms with van der Waals surface area (Å²) in [6.45, 7) is 1.63. The molecule has 0 aliphatic rings. The van der Waals surface area contributed by atoms with Gasteiger partial charge < -0.3 is 15.4 Å². The minimum absolute atomic E-state index is 0.158. The number of hydrogen-bond acceptors (Lipinski definition) is 4. The Balaban J connectivity index is 1.91. The molecule has 3 rings (SSSR count). The van der Waals surface area contributed by atoms with Gasteiger partial charge in [-0.2, -0.15) is 5.26 Å². The topological polar surface area (TPSA) is 91.2 Å². The Kier molecular flexibility index (Phi) is 8.09. The average Bonchev–Trinajstić information content (AvgIpc) is 2.81. The van der Waals surface area contributed by atoms with Crippen LogP contribution in [0.15, 0.2) is 78.4 Å². The van der Waals surface area contributed by atoms with E-state index in [0.717, 1.165) is 0 Å². The Morgan fingerprint density at radius 3 is 1.82 bits per heavy atom. The van der Waals surface area contributed by atoms with Crippen LogP contribution in [-0.4, -0.2) is 17.9 Å². The van der Waals surface area contributed by atoms with Crippen molar-refractivity contribution in [1.82, 2.24) is 0 Å². The standard InChI is InChI=1S/C25H19Cl2N3O3/c1-16(15-28)33-18-12-10-17(11-13-18)14-19(24(31)29-22-8-4-2-6-20(22)26)25(32)30-23-9-5-3-7-21(23)27/h2-14,16H,1H3,(H,29,31)(H,30,32). The van der Waals surface area contributed by atoms with Gasteiger partial charge in [0.05, 0.1) is 21.4 Å². The van der Waals surface area contributed by atoms with Crippen LogP contribution < -0.4 is 15.4 Å². The Hall–Kier alpha value is -3.79. The molecule has 166 valence electrons. The normalized spacial score (nSPS) is 11.0. The van der Waals surface area contributed by atoms with Crippen molar-refractivity contribution in [3.05, 3.63) is 94.0 Å². The van der Waals surface area contributed by atoms with Crippen LogP contribution in [0.1, 0.15) is 12.5 Å². The first-order valence-electron chi connectivity index (χ1n) is 9.87. The summed E-state index contributed by atoms with van der Waals surface area (Å²) >= 11 is 12.3. The van der Waals surface area contributed by atoms with E-state index in [4.69, 9.17) is 33.2 Å². The first kappa shape index (κ1) is 23.9. The molecular formula is C25H19Cl2N3O3. The molecule has 1 atom stereocenters. The van der Waals surface area contributed by atoms with E-state index in [1.165, 1.54) is 6.08 Å². The largest absolute Gasteiger partial charge is 0.476 e. The maximum Gasteiger partial charge on any atom is 0.261 e. The van der Waals surface area contributed by atoms with Gasteiger partial charge in [-0.1, -0.05) is 59.6 Å². The molecule has 0 aliphatic carbocycles. The summed E-state index contributed by atoms with van der Waals surface area (Å²) in [6.07, 6.45) is 0.834. The van der Waals surface area contributed by atoms with Gasteiger partial charge in [-0.05, 0) is 55.0 Å². The molecule has 0 heterocycles. The predicted molar refractivity (Wildman–Crippen MR) is 130 cm³/mol. The maximum absolute atomic E-state index is 13.0. The molecule has 3 aromatic carbocycles. The highest BCUT2D eigenvalue weighted by atomic mass is 35.5. The fraction of sp³-hybridized carbons (Fsp3) is 0.0800. The molecule has 8 heteroatoms.